The first kappa shape index (κ1) is 12.1. The summed E-state index contributed by atoms with van der Waals surface area (Å²) < 4.78 is 15.2. The van der Waals surface area contributed by atoms with Crippen molar-refractivity contribution in [1.82, 2.24) is 9.78 Å². The van der Waals surface area contributed by atoms with Crippen molar-refractivity contribution in [3.8, 4) is 0 Å². The number of rotatable bonds is 3. The minimum atomic E-state index is -0.417. The van der Waals surface area contributed by atoms with Gasteiger partial charge in [-0.2, -0.15) is 4.39 Å². The number of hydrogen-bond donors (Lipinski definition) is 0. The van der Waals surface area contributed by atoms with Crippen molar-refractivity contribution in [2.75, 3.05) is 0 Å². The van der Waals surface area contributed by atoms with Crippen LogP contribution in [-0.4, -0.2) is 9.78 Å². The maximum Gasteiger partial charge on any atom is 0.236 e. The Hall–Kier alpha value is -1.35. The molecule has 0 unspecified atom stereocenters. The topological polar surface area (TPSA) is 17.8 Å². The van der Waals surface area contributed by atoms with Gasteiger partial charge in [0.2, 0.25) is 5.95 Å². The highest BCUT2D eigenvalue weighted by Gasteiger charge is 2.20. The Morgan fingerprint density at radius 2 is 2.06 bits per heavy atom. The molecule has 0 spiro atoms. The van der Waals surface area contributed by atoms with Gasteiger partial charge in [-0.25, -0.2) is 0 Å². The van der Waals surface area contributed by atoms with Gasteiger partial charge in [0.15, 0.2) is 0 Å². The monoisotopic (exact) mass is 252 g/mol. The number of aryl methyl sites for hydroxylation is 1. The van der Waals surface area contributed by atoms with E-state index in [0.29, 0.717) is 10.6 Å². The van der Waals surface area contributed by atoms with Crippen LogP contribution < -0.4 is 0 Å². The largest absolute Gasteiger partial charge is 0.273 e. The molecule has 0 saturated carbocycles. The average Bonchev–Trinajstić information content (AvgIpc) is 2.62. The maximum atomic E-state index is 13.7. The highest BCUT2D eigenvalue weighted by atomic mass is 35.5. The lowest BCUT2D eigenvalue weighted by molar-refractivity contribution is 0.537. The van der Waals surface area contributed by atoms with Crippen LogP contribution in [0.15, 0.2) is 30.5 Å². The lowest BCUT2D eigenvalue weighted by Crippen LogP contribution is -2.01. The number of halogens is 2. The molecule has 2 aromatic rings. The van der Waals surface area contributed by atoms with Crippen molar-refractivity contribution in [2.24, 2.45) is 7.05 Å². The molecule has 0 amide bonds. The lowest BCUT2D eigenvalue weighted by atomic mass is 9.91. The van der Waals surface area contributed by atoms with E-state index in [1.54, 1.807) is 13.2 Å². The fourth-order valence-corrected chi connectivity index (χ4v) is 2.35. The first-order valence-corrected chi connectivity index (χ1v) is 5.94. The Labute approximate surface area is 105 Å². The molecular formula is C13H14ClFN2. The van der Waals surface area contributed by atoms with E-state index in [4.69, 9.17) is 11.6 Å². The van der Waals surface area contributed by atoms with Gasteiger partial charge in [0, 0.05) is 29.7 Å². The summed E-state index contributed by atoms with van der Waals surface area (Å²) in [6.45, 7) is 2.01. The molecule has 17 heavy (non-hydrogen) atoms. The average molecular weight is 253 g/mol. The van der Waals surface area contributed by atoms with Gasteiger partial charge in [0.25, 0.3) is 0 Å². The summed E-state index contributed by atoms with van der Waals surface area (Å²) in [5.74, 6) is -0.461. The zero-order valence-corrected chi connectivity index (χ0v) is 10.6. The highest BCUT2D eigenvalue weighted by molar-refractivity contribution is 6.31. The number of benzene rings is 1. The molecule has 2 rings (SSSR count). The SMILES string of the molecule is CC[C@H](c1ccccc1Cl)c1cn(C)nc1F. The van der Waals surface area contributed by atoms with E-state index in [9.17, 15) is 4.39 Å². The number of hydrogen-bond acceptors (Lipinski definition) is 1. The highest BCUT2D eigenvalue weighted by Crippen LogP contribution is 2.33. The minimum Gasteiger partial charge on any atom is -0.273 e. The van der Waals surface area contributed by atoms with Gasteiger partial charge in [0.05, 0.1) is 0 Å². The van der Waals surface area contributed by atoms with E-state index >= 15 is 0 Å². The van der Waals surface area contributed by atoms with Gasteiger partial charge >= 0.3 is 0 Å². The zero-order chi connectivity index (χ0) is 12.4. The van der Waals surface area contributed by atoms with Crippen LogP contribution in [0.1, 0.15) is 30.4 Å². The van der Waals surface area contributed by atoms with E-state index in [1.165, 1.54) is 4.68 Å². The number of nitrogens with zero attached hydrogens (tertiary/aromatic N) is 2. The molecule has 1 aromatic heterocycles. The fourth-order valence-electron chi connectivity index (χ4n) is 2.08. The molecule has 0 bridgehead atoms. The van der Waals surface area contributed by atoms with Crippen molar-refractivity contribution in [1.29, 1.82) is 0 Å². The molecule has 0 N–H and O–H groups in total. The van der Waals surface area contributed by atoms with E-state index < -0.39 is 5.95 Å². The van der Waals surface area contributed by atoms with Crippen LogP contribution in [0.3, 0.4) is 0 Å². The molecule has 1 aromatic carbocycles. The third-order valence-corrected chi connectivity index (χ3v) is 3.22. The molecule has 2 nitrogen and oxygen atoms in total. The molecule has 90 valence electrons. The predicted molar refractivity (Wildman–Crippen MR) is 66.8 cm³/mol. The maximum absolute atomic E-state index is 13.7. The second-order valence-electron chi connectivity index (χ2n) is 4.03. The Morgan fingerprint density at radius 1 is 1.35 bits per heavy atom. The van der Waals surface area contributed by atoms with Gasteiger partial charge in [0.1, 0.15) is 0 Å². The number of aromatic nitrogens is 2. The summed E-state index contributed by atoms with van der Waals surface area (Å²) >= 11 is 6.16. The van der Waals surface area contributed by atoms with E-state index in [2.05, 4.69) is 5.10 Å². The summed E-state index contributed by atoms with van der Waals surface area (Å²) in [7, 11) is 1.71. The molecule has 0 aliphatic carbocycles. The normalized spacial score (nSPS) is 12.7. The Bertz CT molecular complexity index is 522. The van der Waals surface area contributed by atoms with Crippen molar-refractivity contribution in [3.05, 3.63) is 52.6 Å². The van der Waals surface area contributed by atoms with E-state index in [0.717, 1.165) is 12.0 Å². The minimum absolute atomic E-state index is 0.0441. The summed E-state index contributed by atoms with van der Waals surface area (Å²) in [5, 5.41) is 4.41. The zero-order valence-electron chi connectivity index (χ0n) is 9.82. The third kappa shape index (κ3) is 2.34. The standard InChI is InChI=1S/C13H14ClFN2/c1-3-9(10-6-4-5-7-12(10)14)11-8-17(2)16-13(11)15/h4-9H,3H2,1-2H3/t9-/m1/s1. The molecule has 0 fully saturated rings. The van der Waals surface area contributed by atoms with Crippen LogP contribution in [0.25, 0.3) is 0 Å². The van der Waals surface area contributed by atoms with Gasteiger partial charge < -0.3 is 0 Å². The van der Waals surface area contributed by atoms with Gasteiger partial charge in [-0.3, -0.25) is 4.68 Å². The predicted octanol–water partition coefficient (Wildman–Crippen LogP) is 3.75. The summed E-state index contributed by atoms with van der Waals surface area (Å²) in [4.78, 5) is 0. The summed E-state index contributed by atoms with van der Waals surface area (Å²) in [6.07, 6.45) is 2.50. The molecule has 0 saturated heterocycles. The molecular weight excluding hydrogens is 239 g/mol. The second-order valence-corrected chi connectivity index (χ2v) is 4.44. The van der Waals surface area contributed by atoms with Crippen LogP contribution in [0.5, 0.6) is 0 Å². The van der Waals surface area contributed by atoms with Crippen LogP contribution >= 0.6 is 11.6 Å². The van der Waals surface area contributed by atoms with E-state index in [1.807, 2.05) is 31.2 Å². The van der Waals surface area contributed by atoms with Crippen LogP contribution in [0.4, 0.5) is 4.39 Å². The summed E-state index contributed by atoms with van der Waals surface area (Å²) in [6, 6.07) is 7.55. The second kappa shape index (κ2) is 4.88. The first-order chi connectivity index (χ1) is 8.13. The first-order valence-electron chi connectivity index (χ1n) is 5.57. The van der Waals surface area contributed by atoms with Crippen molar-refractivity contribution in [2.45, 2.75) is 19.3 Å². The van der Waals surface area contributed by atoms with Gasteiger partial charge in [-0.15, -0.1) is 5.10 Å². The molecule has 0 aliphatic rings. The van der Waals surface area contributed by atoms with Crippen LogP contribution in [-0.2, 0) is 7.05 Å². The molecule has 4 heteroatoms. The molecule has 1 heterocycles. The van der Waals surface area contributed by atoms with Crippen LogP contribution in [0.2, 0.25) is 5.02 Å². The Morgan fingerprint density at radius 3 is 2.59 bits per heavy atom. The molecule has 1 atom stereocenters. The van der Waals surface area contributed by atoms with Crippen molar-refractivity contribution in [3.63, 3.8) is 0 Å². The fraction of sp³-hybridized carbons (Fsp3) is 0.308. The van der Waals surface area contributed by atoms with Crippen LogP contribution in [0, 0.1) is 5.95 Å². The smallest absolute Gasteiger partial charge is 0.236 e. The van der Waals surface area contributed by atoms with Crippen molar-refractivity contribution >= 4 is 11.6 Å². The molecule has 0 radical (unpaired) electrons. The Balaban J connectivity index is 2.47. The van der Waals surface area contributed by atoms with E-state index in [-0.39, 0.29) is 5.92 Å². The lowest BCUT2D eigenvalue weighted by Gasteiger charge is -2.15. The molecule has 0 aliphatic heterocycles. The summed E-state index contributed by atoms with van der Waals surface area (Å²) in [5.41, 5.74) is 1.55. The van der Waals surface area contributed by atoms with Crippen molar-refractivity contribution < 1.29 is 4.39 Å². The third-order valence-electron chi connectivity index (χ3n) is 2.87. The Kier molecular flexibility index (Phi) is 3.48. The van der Waals surface area contributed by atoms with Gasteiger partial charge in [-0.05, 0) is 18.1 Å². The van der Waals surface area contributed by atoms with Gasteiger partial charge in [-0.1, -0.05) is 36.7 Å². The quantitative estimate of drug-likeness (QED) is 0.813.